The van der Waals surface area contributed by atoms with E-state index in [9.17, 15) is 0 Å². The summed E-state index contributed by atoms with van der Waals surface area (Å²) < 4.78 is 0. The van der Waals surface area contributed by atoms with Crippen LogP contribution >= 0.6 is 11.8 Å². The number of rotatable bonds is 3. The van der Waals surface area contributed by atoms with E-state index in [1.165, 1.54) is 11.8 Å². The van der Waals surface area contributed by atoms with Crippen molar-refractivity contribution >= 4 is 11.8 Å². The third kappa shape index (κ3) is 6.27. The highest BCUT2D eigenvalue weighted by Gasteiger charge is 1.90. The first-order valence-electron chi connectivity index (χ1n) is 2.32. The van der Waals surface area contributed by atoms with Crippen LogP contribution in [-0.4, -0.2) is 16.4 Å². The lowest BCUT2D eigenvalue weighted by Crippen LogP contribution is -2.13. The maximum absolute atomic E-state index is 8.42. The van der Waals surface area contributed by atoms with E-state index < -0.39 is 5.56 Å². The van der Waals surface area contributed by atoms with Crippen LogP contribution in [0.15, 0.2) is 0 Å². The summed E-state index contributed by atoms with van der Waals surface area (Å²) in [7, 11) is 0. The SMILES string of the molecule is CCCSC(N)O. The molecular formula is C4H11NOS. The Morgan fingerprint density at radius 3 is 2.57 bits per heavy atom. The van der Waals surface area contributed by atoms with Gasteiger partial charge in [0.15, 0.2) is 5.56 Å². The highest BCUT2D eigenvalue weighted by molar-refractivity contribution is 7.99. The van der Waals surface area contributed by atoms with Crippen LogP contribution in [0, 0.1) is 0 Å². The van der Waals surface area contributed by atoms with Gasteiger partial charge in [-0.2, -0.15) is 0 Å². The van der Waals surface area contributed by atoms with Crippen molar-refractivity contribution in [3.05, 3.63) is 0 Å². The molecule has 0 rings (SSSR count). The minimum Gasteiger partial charge on any atom is -0.369 e. The van der Waals surface area contributed by atoms with E-state index in [2.05, 4.69) is 6.92 Å². The number of aliphatic hydroxyl groups is 1. The molecule has 0 bridgehead atoms. The number of hydrogen-bond donors (Lipinski definition) is 2. The van der Waals surface area contributed by atoms with Crippen molar-refractivity contribution in [3.8, 4) is 0 Å². The van der Waals surface area contributed by atoms with Gasteiger partial charge in [-0.1, -0.05) is 6.92 Å². The fraction of sp³-hybridized carbons (Fsp3) is 1.00. The van der Waals surface area contributed by atoms with E-state index in [1.54, 1.807) is 0 Å². The van der Waals surface area contributed by atoms with Gasteiger partial charge in [-0.05, 0) is 12.2 Å². The summed E-state index contributed by atoms with van der Waals surface area (Å²) >= 11 is 1.36. The first-order chi connectivity index (χ1) is 3.27. The second kappa shape index (κ2) is 4.43. The zero-order chi connectivity index (χ0) is 5.70. The Kier molecular flexibility index (Phi) is 4.60. The Hall–Kier alpha value is 0.270. The third-order valence-corrected chi connectivity index (χ3v) is 1.48. The molecule has 2 nitrogen and oxygen atoms in total. The molecule has 0 aliphatic rings. The van der Waals surface area contributed by atoms with Crippen molar-refractivity contribution in [1.82, 2.24) is 0 Å². The largest absolute Gasteiger partial charge is 0.369 e. The van der Waals surface area contributed by atoms with Crippen LogP contribution in [0.25, 0.3) is 0 Å². The second-order valence-electron chi connectivity index (χ2n) is 1.26. The fourth-order valence-corrected chi connectivity index (χ4v) is 0.716. The first-order valence-corrected chi connectivity index (χ1v) is 3.37. The van der Waals surface area contributed by atoms with Gasteiger partial charge in [0.25, 0.3) is 0 Å². The van der Waals surface area contributed by atoms with E-state index in [0.29, 0.717) is 0 Å². The molecule has 0 radical (unpaired) electrons. The van der Waals surface area contributed by atoms with E-state index >= 15 is 0 Å². The molecule has 0 saturated carbocycles. The molecule has 0 heterocycles. The quantitative estimate of drug-likeness (QED) is 0.530. The Bertz CT molecular complexity index is 40.7. The van der Waals surface area contributed by atoms with Crippen molar-refractivity contribution in [2.75, 3.05) is 5.75 Å². The standard InChI is InChI=1S/C4H11NOS/c1-2-3-7-4(5)6/h4,6H,2-3,5H2,1H3. The number of thioether (sulfide) groups is 1. The molecular weight excluding hydrogens is 110 g/mol. The van der Waals surface area contributed by atoms with Crippen LogP contribution in [0.4, 0.5) is 0 Å². The molecule has 0 aromatic carbocycles. The van der Waals surface area contributed by atoms with Crippen molar-refractivity contribution in [2.24, 2.45) is 5.73 Å². The number of nitrogens with two attached hydrogens (primary N) is 1. The van der Waals surface area contributed by atoms with E-state index in [0.717, 1.165) is 12.2 Å². The summed E-state index contributed by atoms with van der Waals surface area (Å²) in [5.74, 6) is 0.942. The monoisotopic (exact) mass is 121 g/mol. The lowest BCUT2D eigenvalue weighted by molar-refractivity contribution is 0.272. The van der Waals surface area contributed by atoms with Crippen LogP contribution in [0.3, 0.4) is 0 Å². The lowest BCUT2D eigenvalue weighted by Gasteiger charge is -1.98. The maximum Gasteiger partial charge on any atom is 0.150 e. The molecule has 0 aromatic rings. The molecule has 44 valence electrons. The number of aliphatic hydroxyl groups excluding tert-OH is 1. The summed E-state index contributed by atoms with van der Waals surface area (Å²) in [4.78, 5) is 0. The van der Waals surface area contributed by atoms with Gasteiger partial charge in [-0.25, -0.2) is 0 Å². The normalized spacial score (nSPS) is 14.1. The molecule has 0 aromatic heterocycles. The van der Waals surface area contributed by atoms with Gasteiger partial charge in [0, 0.05) is 0 Å². The van der Waals surface area contributed by atoms with Gasteiger partial charge in [0.2, 0.25) is 0 Å². The zero-order valence-electron chi connectivity index (χ0n) is 4.42. The molecule has 0 aliphatic carbocycles. The van der Waals surface area contributed by atoms with Gasteiger partial charge in [0.05, 0.1) is 0 Å². The minimum atomic E-state index is -0.681. The Morgan fingerprint density at radius 2 is 2.43 bits per heavy atom. The van der Waals surface area contributed by atoms with Crippen LogP contribution in [0.2, 0.25) is 0 Å². The first kappa shape index (κ1) is 7.27. The average Bonchev–Trinajstić information content (AvgIpc) is 1.61. The Morgan fingerprint density at radius 1 is 1.86 bits per heavy atom. The predicted molar refractivity (Wildman–Crippen MR) is 32.9 cm³/mol. The fourth-order valence-electron chi connectivity index (χ4n) is 0.239. The molecule has 7 heavy (non-hydrogen) atoms. The molecule has 0 spiro atoms. The second-order valence-corrected chi connectivity index (χ2v) is 2.49. The van der Waals surface area contributed by atoms with E-state index in [1.807, 2.05) is 0 Å². The number of hydrogen-bond acceptors (Lipinski definition) is 3. The highest BCUT2D eigenvalue weighted by Crippen LogP contribution is 2.02. The van der Waals surface area contributed by atoms with Gasteiger partial charge in [-0.15, -0.1) is 11.8 Å². The average molecular weight is 121 g/mol. The predicted octanol–water partition coefficient (Wildman–Crippen LogP) is 0.364. The molecule has 0 aliphatic heterocycles. The van der Waals surface area contributed by atoms with Crippen LogP contribution < -0.4 is 5.73 Å². The Balaban J connectivity index is 2.68. The van der Waals surface area contributed by atoms with Crippen molar-refractivity contribution < 1.29 is 5.11 Å². The molecule has 0 saturated heterocycles. The molecule has 0 fully saturated rings. The molecule has 3 heteroatoms. The molecule has 1 unspecified atom stereocenters. The summed E-state index contributed by atoms with van der Waals surface area (Å²) in [6, 6.07) is 0. The lowest BCUT2D eigenvalue weighted by atomic mass is 10.6. The van der Waals surface area contributed by atoms with E-state index in [-0.39, 0.29) is 0 Å². The maximum atomic E-state index is 8.42. The summed E-state index contributed by atoms with van der Waals surface area (Å²) in [6.07, 6.45) is 1.07. The zero-order valence-corrected chi connectivity index (χ0v) is 5.24. The van der Waals surface area contributed by atoms with Crippen LogP contribution in [0.1, 0.15) is 13.3 Å². The highest BCUT2D eigenvalue weighted by atomic mass is 32.2. The molecule has 0 amide bonds. The summed E-state index contributed by atoms with van der Waals surface area (Å²) in [5, 5.41) is 8.42. The minimum absolute atomic E-state index is 0.681. The summed E-state index contributed by atoms with van der Waals surface area (Å²) in [6.45, 7) is 2.05. The topological polar surface area (TPSA) is 46.2 Å². The van der Waals surface area contributed by atoms with E-state index in [4.69, 9.17) is 10.8 Å². The smallest absolute Gasteiger partial charge is 0.150 e. The van der Waals surface area contributed by atoms with Gasteiger partial charge < -0.3 is 5.11 Å². The van der Waals surface area contributed by atoms with Crippen molar-refractivity contribution in [3.63, 3.8) is 0 Å². The van der Waals surface area contributed by atoms with Gasteiger partial charge >= 0.3 is 0 Å². The molecule has 1 atom stereocenters. The molecule has 3 N–H and O–H groups in total. The third-order valence-electron chi connectivity index (χ3n) is 0.493. The van der Waals surface area contributed by atoms with Crippen LogP contribution in [0.5, 0.6) is 0 Å². The van der Waals surface area contributed by atoms with Crippen molar-refractivity contribution in [2.45, 2.75) is 18.9 Å². The van der Waals surface area contributed by atoms with Gasteiger partial charge in [-0.3, -0.25) is 5.73 Å². The van der Waals surface area contributed by atoms with Crippen molar-refractivity contribution in [1.29, 1.82) is 0 Å². The van der Waals surface area contributed by atoms with Crippen LogP contribution in [-0.2, 0) is 0 Å². The van der Waals surface area contributed by atoms with Gasteiger partial charge in [0.1, 0.15) is 0 Å². The summed E-state index contributed by atoms with van der Waals surface area (Å²) in [5.41, 5.74) is 4.32. The Labute approximate surface area is 48.1 Å².